The summed E-state index contributed by atoms with van der Waals surface area (Å²) < 4.78 is 0. The predicted molar refractivity (Wildman–Crippen MR) is 61.5 cm³/mol. The van der Waals surface area contributed by atoms with E-state index in [1.165, 1.54) is 19.4 Å². The van der Waals surface area contributed by atoms with E-state index in [0.29, 0.717) is 6.42 Å². The number of piperidine rings is 1. The molecule has 0 bridgehead atoms. The topological polar surface area (TPSA) is 49.6 Å². The molecule has 1 fully saturated rings. The summed E-state index contributed by atoms with van der Waals surface area (Å²) in [7, 11) is 4.25. The van der Waals surface area contributed by atoms with Crippen LogP contribution in [0.4, 0.5) is 0 Å². The van der Waals surface area contributed by atoms with Crippen LogP contribution in [0.15, 0.2) is 0 Å². The monoisotopic (exact) mass is 213 g/mol. The van der Waals surface area contributed by atoms with E-state index in [0.717, 1.165) is 25.6 Å². The highest BCUT2D eigenvalue weighted by atomic mass is 16.1. The van der Waals surface area contributed by atoms with E-state index in [4.69, 9.17) is 5.73 Å². The zero-order chi connectivity index (χ0) is 11.3. The number of carbonyl (C=O) groups is 1. The molecular formula is C11H23N3O. The SMILES string of the molecule is CN(C)CC1CCN(CCC(N)=O)CC1. The number of amides is 1. The third-order valence-electron chi connectivity index (χ3n) is 3.00. The second-order valence-electron chi connectivity index (χ2n) is 4.76. The van der Waals surface area contributed by atoms with Gasteiger partial charge in [-0.3, -0.25) is 4.79 Å². The Morgan fingerprint density at radius 3 is 2.47 bits per heavy atom. The molecule has 0 aromatic carbocycles. The third-order valence-corrected chi connectivity index (χ3v) is 3.00. The number of likely N-dealkylation sites (tertiary alicyclic amines) is 1. The van der Waals surface area contributed by atoms with Crippen molar-refractivity contribution < 1.29 is 4.79 Å². The third kappa shape index (κ3) is 5.14. The van der Waals surface area contributed by atoms with Crippen molar-refractivity contribution in [1.29, 1.82) is 0 Å². The number of nitrogens with zero attached hydrogens (tertiary/aromatic N) is 2. The summed E-state index contributed by atoms with van der Waals surface area (Å²) >= 11 is 0. The lowest BCUT2D eigenvalue weighted by Crippen LogP contribution is -2.38. The van der Waals surface area contributed by atoms with Crippen molar-refractivity contribution >= 4 is 5.91 Å². The lowest BCUT2D eigenvalue weighted by atomic mass is 9.96. The van der Waals surface area contributed by atoms with Crippen molar-refractivity contribution in [2.45, 2.75) is 19.3 Å². The van der Waals surface area contributed by atoms with E-state index in [-0.39, 0.29) is 5.91 Å². The van der Waals surface area contributed by atoms with E-state index in [2.05, 4.69) is 23.9 Å². The molecule has 88 valence electrons. The van der Waals surface area contributed by atoms with Crippen LogP contribution in [0.2, 0.25) is 0 Å². The van der Waals surface area contributed by atoms with Crippen LogP contribution in [0.25, 0.3) is 0 Å². The van der Waals surface area contributed by atoms with Crippen LogP contribution in [-0.2, 0) is 4.79 Å². The minimum atomic E-state index is -0.189. The Balaban J connectivity index is 2.15. The van der Waals surface area contributed by atoms with Gasteiger partial charge in [0.05, 0.1) is 0 Å². The van der Waals surface area contributed by atoms with Crippen LogP contribution in [0.1, 0.15) is 19.3 Å². The zero-order valence-corrected chi connectivity index (χ0v) is 9.91. The van der Waals surface area contributed by atoms with Crippen LogP contribution in [0.3, 0.4) is 0 Å². The largest absolute Gasteiger partial charge is 0.370 e. The second-order valence-corrected chi connectivity index (χ2v) is 4.76. The molecule has 1 aliphatic rings. The van der Waals surface area contributed by atoms with Gasteiger partial charge in [-0.25, -0.2) is 0 Å². The minimum absolute atomic E-state index is 0.189. The van der Waals surface area contributed by atoms with Gasteiger partial charge < -0.3 is 15.5 Å². The van der Waals surface area contributed by atoms with E-state index in [9.17, 15) is 4.79 Å². The second kappa shape index (κ2) is 6.08. The lowest BCUT2D eigenvalue weighted by Gasteiger charge is -2.32. The molecule has 1 saturated heterocycles. The van der Waals surface area contributed by atoms with Crippen LogP contribution in [0.5, 0.6) is 0 Å². The molecule has 0 saturated carbocycles. The number of rotatable bonds is 5. The van der Waals surface area contributed by atoms with E-state index < -0.39 is 0 Å². The zero-order valence-electron chi connectivity index (χ0n) is 9.91. The highest BCUT2D eigenvalue weighted by Gasteiger charge is 2.19. The smallest absolute Gasteiger partial charge is 0.218 e. The van der Waals surface area contributed by atoms with Gasteiger partial charge in [-0.05, 0) is 45.9 Å². The van der Waals surface area contributed by atoms with Crippen LogP contribution < -0.4 is 5.73 Å². The Labute approximate surface area is 92.4 Å². The lowest BCUT2D eigenvalue weighted by molar-refractivity contribution is -0.118. The van der Waals surface area contributed by atoms with Gasteiger partial charge in [-0.15, -0.1) is 0 Å². The van der Waals surface area contributed by atoms with Gasteiger partial charge in [0.1, 0.15) is 0 Å². The van der Waals surface area contributed by atoms with Crippen molar-refractivity contribution in [3.63, 3.8) is 0 Å². The van der Waals surface area contributed by atoms with Gasteiger partial charge in [-0.1, -0.05) is 0 Å². The predicted octanol–water partition coefficient (Wildman–Crippen LogP) is 0.135. The van der Waals surface area contributed by atoms with Crippen molar-refractivity contribution in [2.75, 3.05) is 40.3 Å². The van der Waals surface area contributed by atoms with Crippen molar-refractivity contribution in [3.05, 3.63) is 0 Å². The molecule has 1 aliphatic heterocycles. The fourth-order valence-electron chi connectivity index (χ4n) is 2.18. The highest BCUT2D eigenvalue weighted by Crippen LogP contribution is 2.17. The molecule has 1 heterocycles. The van der Waals surface area contributed by atoms with Crippen molar-refractivity contribution in [1.82, 2.24) is 9.80 Å². The number of hydrogen-bond donors (Lipinski definition) is 1. The Bertz CT molecular complexity index is 198. The molecule has 1 amide bonds. The van der Waals surface area contributed by atoms with Crippen LogP contribution >= 0.6 is 0 Å². The summed E-state index contributed by atoms with van der Waals surface area (Å²) in [5, 5.41) is 0. The maximum absolute atomic E-state index is 10.6. The maximum atomic E-state index is 10.6. The Morgan fingerprint density at radius 2 is 2.00 bits per heavy atom. The molecule has 1 rings (SSSR count). The van der Waals surface area contributed by atoms with E-state index in [1.54, 1.807) is 0 Å². The summed E-state index contributed by atoms with van der Waals surface area (Å²) in [6.07, 6.45) is 2.99. The Hall–Kier alpha value is -0.610. The average molecular weight is 213 g/mol. The summed E-state index contributed by atoms with van der Waals surface area (Å²) in [6.45, 7) is 4.26. The van der Waals surface area contributed by atoms with Gasteiger partial charge in [0.15, 0.2) is 0 Å². The molecular weight excluding hydrogens is 190 g/mol. The Kier molecular flexibility index (Phi) is 5.05. The molecule has 4 heteroatoms. The van der Waals surface area contributed by atoms with E-state index >= 15 is 0 Å². The maximum Gasteiger partial charge on any atom is 0.218 e. The van der Waals surface area contributed by atoms with Gasteiger partial charge in [0.2, 0.25) is 5.91 Å². The van der Waals surface area contributed by atoms with Crippen molar-refractivity contribution in [2.24, 2.45) is 11.7 Å². The first-order valence-electron chi connectivity index (χ1n) is 5.73. The number of nitrogens with two attached hydrogens (primary N) is 1. The standard InChI is InChI=1S/C11H23N3O/c1-13(2)9-10-3-6-14(7-4-10)8-5-11(12)15/h10H,3-9H2,1-2H3,(H2,12,15). The first-order valence-corrected chi connectivity index (χ1v) is 5.73. The molecule has 0 aromatic heterocycles. The van der Waals surface area contributed by atoms with Gasteiger partial charge in [0.25, 0.3) is 0 Å². The normalized spacial score (nSPS) is 19.7. The molecule has 0 unspecified atom stereocenters. The number of hydrogen-bond acceptors (Lipinski definition) is 3. The number of carbonyl (C=O) groups excluding carboxylic acids is 1. The molecule has 0 spiro atoms. The Morgan fingerprint density at radius 1 is 1.40 bits per heavy atom. The molecule has 2 N–H and O–H groups in total. The van der Waals surface area contributed by atoms with E-state index in [1.807, 2.05) is 0 Å². The van der Waals surface area contributed by atoms with Crippen LogP contribution in [-0.4, -0.2) is 56.0 Å². The summed E-state index contributed by atoms with van der Waals surface area (Å²) in [4.78, 5) is 15.2. The van der Waals surface area contributed by atoms with Gasteiger partial charge in [0, 0.05) is 19.5 Å². The first kappa shape index (κ1) is 12.5. The summed E-state index contributed by atoms with van der Waals surface area (Å²) in [5.74, 6) is 0.634. The quantitative estimate of drug-likeness (QED) is 0.706. The number of primary amides is 1. The molecule has 0 aromatic rings. The molecule has 0 aliphatic carbocycles. The van der Waals surface area contributed by atoms with Crippen LogP contribution in [0, 0.1) is 5.92 Å². The average Bonchev–Trinajstić information content (AvgIpc) is 2.16. The first-order chi connectivity index (χ1) is 7.08. The minimum Gasteiger partial charge on any atom is -0.370 e. The fourth-order valence-corrected chi connectivity index (χ4v) is 2.18. The molecule has 4 nitrogen and oxygen atoms in total. The van der Waals surface area contributed by atoms with Gasteiger partial charge >= 0.3 is 0 Å². The van der Waals surface area contributed by atoms with Crippen molar-refractivity contribution in [3.8, 4) is 0 Å². The van der Waals surface area contributed by atoms with Gasteiger partial charge in [-0.2, -0.15) is 0 Å². The molecule has 15 heavy (non-hydrogen) atoms. The fraction of sp³-hybridized carbons (Fsp3) is 0.909. The molecule has 0 radical (unpaired) electrons. The summed E-state index contributed by atoms with van der Waals surface area (Å²) in [5.41, 5.74) is 5.13. The molecule has 0 atom stereocenters. The summed E-state index contributed by atoms with van der Waals surface area (Å²) in [6, 6.07) is 0. The highest BCUT2D eigenvalue weighted by molar-refractivity contribution is 5.73.